The number of hydrogen-bond acceptors (Lipinski definition) is 7. The lowest BCUT2D eigenvalue weighted by Crippen LogP contribution is -2.12. The van der Waals surface area contributed by atoms with Gasteiger partial charge in [-0.1, -0.05) is 30.3 Å². The van der Waals surface area contributed by atoms with Crippen LogP contribution in [0.4, 0.5) is 5.13 Å². The number of para-hydroxylation sites is 1. The van der Waals surface area contributed by atoms with E-state index in [0.29, 0.717) is 27.9 Å². The topological polar surface area (TPSA) is 125 Å². The van der Waals surface area contributed by atoms with E-state index in [2.05, 4.69) is 40.9 Å². The molecule has 0 aliphatic rings. The molecule has 3 heterocycles. The first-order valence-electron chi connectivity index (χ1n) is 8.32. The average Bonchev–Trinajstić information content (AvgIpc) is 3.48. The van der Waals surface area contributed by atoms with Gasteiger partial charge in [-0.05, 0) is 22.6 Å². The number of H-pyrrole nitrogens is 2. The van der Waals surface area contributed by atoms with Crippen LogP contribution in [0.2, 0.25) is 0 Å². The summed E-state index contributed by atoms with van der Waals surface area (Å²) in [6.45, 7) is 0. The van der Waals surface area contributed by atoms with Crippen molar-refractivity contribution in [3.8, 4) is 22.8 Å². The zero-order valence-corrected chi connectivity index (χ0v) is 15.1. The summed E-state index contributed by atoms with van der Waals surface area (Å²) in [7, 11) is 0. The number of benzene rings is 2. The molecule has 3 N–H and O–H groups in total. The van der Waals surface area contributed by atoms with Gasteiger partial charge in [0.1, 0.15) is 11.3 Å². The zero-order chi connectivity index (χ0) is 18.9. The van der Waals surface area contributed by atoms with Crippen molar-refractivity contribution >= 4 is 33.4 Å². The molecule has 10 heteroatoms. The molecule has 0 saturated heterocycles. The predicted octanol–water partition coefficient (Wildman–Crippen LogP) is 3.12. The van der Waals surface area contributed by atoms with Crippen LogP contribution in [0.5, 0.6) is 0 Å². The first-order chi connectivity index (χ1) is 13.8. The first kappa shape index (κ1) is 16.3. The molecular weight excluding hydrogens is 376 g/mol. The molecule has 9 nitrogen and oxygen atoms in total. The van der Waals surface area contributed by atoms with E-state index < -0.39 is 0 Å². The number of fused-ring (bicyclic) bond motifs is 1. The van der Waals surface area contributed by atoms with Gasteiger partial charge in [0.15, 0.2) is 11.0 Å². The van der Waals surface area contributed by atoms with E-state index in [1.807, 2.05) is 36.4 Å². The number of thiazole rings is 1. The number of hydrogen-bond donors (Lipinski definition) is 3. The van der Waals surface area contributed by atoms with Crippen molar-refractivity contribution < 1.29 is 4.79 Å². The Bertz CT molecular complexity index is 1240. The van der Waals surface area contributed by atoms with Gasteiger partial charge >= 0.3 is 0 Å². The van der Waals surface area contributed by atoms with E-state index >= 15 is 0 Å². The zero-order valence-electron chi connectivity index (χ0n) is 14.2. The van der Waals surface area contributed by atoms with Gasteiger partial charge in [0.2, 0.25) is 0 Å². The van der Waals surface area contributed by atoms with Crippen LogP contribution in [0.3, 0.4) is 0 Å². The maximum Gasteiger partial charge on any atom is 0.259 e. The van der Waals surface area contributed by atoms with Gasteiger partial charge < -0.3 is 4.98 Å². The van der Waals surface area contributed by atoms with Crippen molar-refractivity contribution in [1.82, 2.24) is 35.6 Å². The minimum absolute atomic E-state index is 0.244. The van der Waals surface area contributed by atoms with Crippen molar-refractivity contribution in [2.75, 3.05) is 5.32 Å². The van der Waals surface area contributed by atoms with Crippen LogP contribution >= 0.6 is 11.3 Å². The Balaban J connectivity index is 1.49. The molecule has 5 aromatic rings. The van der Waals surface area contributed by atoms with Crippen molar-refractivity contribution in [1.29, 1.82) is 0 Å². The molecule has 0 aliphatic heterocycles. The number of aromatic nitrogens is 7. The van der Waals surface area contributed by atoms with Gasteiger partial charge in [-0.3, -0.25) is 10.1 Å². The number of anilines is 1. The molecule has 0 spiro atoms. The minimum Gasteiger partial charge on any atom is -0.338 e. The maximum absolute atomic E-state index is 12.6. The van der Waals surface area contributed by atoms with Crippen LogP contribution in [0, 0.1) is 0 Å². The van der Waals surface area contributed by atoms with Gasteiger partial charge in [0.25, 0.3) is 5.91 Å². The number of tetrazole rings is 1. The second kappa shape index (κ2) is 6.67. The fourth-order valence-electron chi connectivity index (χ4n) is 2.87. The summed E-state index contributed by atoms with van der Waals surface area (Å²) < 4.78 is 0. The number of nitrogens with one attached hydrogen (secondary N) is 3. The highest BCUT2D eigenvalue weighted by molar-refractivity contribution is 7.13. The summed E-state index contributed by atoms with van der Waals surface area (Å²) in [4.78, 5) is 24.6. The molecule has 0 fully saturated rings. The lowest BCUT2D eigenvalue weighted by atomic mass is 10.1. The lowest BCUT2D eigenvalue weighted by molar-refractivity contribution is 0.102. The molecular formula is C18H12N8OS. The van der Waals surface area contributed by atoms with E-state index in [9.17, 15) is 4.79 Å². The third kappa shape index (κ3) is 2.91. The molecule has 3 aromatic heterocycles. The standard InChI is InChI=1S/C18H12N8OS/c27-17(22-18-19-8-9-28-18)12-2-1-3-13-14(12)21-15(20-13)10-4-6-11(7-5-10)16-23-25-26-24-16/h1-9H,(H,20,21)(H,19,22,27)(H,23,24,25,26). The fraction of sp³-hybridized carbons (Fsp3) is 0. The van der Waals surface area contributed by atoms with Gasteiger partial charge in [-0.25, -0.2) is 15.1 Å². The summed E-state index contributed by atoms with van der Waals surface area (Å²) in [5.41, 5.74) is 3.63. The number of carbonyl (C=O) groups is 1. The van der Waals surface area contributed by atoms with Gasteiger partial charge in [-0.2, -0.15) is 0 Å². The van der Waals surface area contributed by atoms with Crippen LogP contribution in [0.15, 0.2) is 54.0 Å². The van der Waals surface area contributed by atoms with Crippen molar-refractivity contribution in [2.45, 2.75) is 0 Å². The molecule has 5 rings (SSSR count). The monoisotopic (exact) mass is 388 g/mol. The maximum atomic E-state index is 12.6. The summed E-state index contributed by atoms with van der Waals surface area (Å²) in [6, 6.07) is 13.1. The van der Waals surface area contributed by atoms with Crippen molar-refractivity contribution in [3.05, 3.63) is 59.6 Å². The second-order valence-corrected chi connectivity index (χ2v) is 6.80. The smallest absolute Gasteiger partial charge is 0.259 e. The Hall–Kier alpha value is -3.92. The van der Waals surface area contributed by atoms with E-state index in [1.54, 1.807) is 17.6 Å². The van der Waals surface area contributed by atoms with E-state index in [4.69, 9.17) is 0 Å². The Morgan fingerprint density at radius 3 is 2.57 bits per heavy atom. The number of carbonyl (C=O) groups excluding carboxylic acids is 1. The molecule has 28 heavy (non-hydrogen) atoms. The van der Waals surface area contributed by atoms with E-state index in [0.717, 1.165) is 16.6 Å². The van der Waals surface area contributed by atoms with Crippen LogP contribution in [-0.2, 0) is 0 Å². The number of aromatic amines is 2. The second-order valence-electron chi connectivity index (χ2n) is 5.91. The molecule has 0 bridgehead atoms. The Morgan fingerprint density at radius 1 is 1.04 bits per heavy atom. The normalized spacial score (nSPS) is 11.0. The molecule has 0 saturated carbocycles. The summed E-state index contributed by atoms with van der Waals surface area (Å²) in [6.07, 6.45) is 1.64. The van der Waals surface area contributed by atoms with Gasteiger partial charge in [0.05, 0.1) is 11.1 Å². The predicted molar refractivity (Wildman–Crippen MR) is 105 cm³/mol. The minimum atomic E-state index is -0.244. The number of amides is 1. The summed E-state index contributed by atoms with van der Waals surface area (Å²) >= 11 is 1.37. The van der Waals surface area contributed by atoms with Crippen LogP contribution < -0.4 is 5.32 Å². The quantitative estimate of drug-likeness (QED) is 0.434. The number of imidazole rings is 1. The summed E-state index contributed by atoms with van der Waals surface area (Å²) in [5, 5.41) is 18.9. The van der Waals surface area contributed by atoms with Gasteiger partial charge in [0, 0.05) is 22.7 Å². The molecule has 0 radical (unpaired) electrons. The van der Waals surface area contributed by atoms with E-state index in [-0.39, 0.29) is 5.91 Å². The third-order valence-electron chi connectivity index (χ3n) is 4.19. The highest BCUT2D eigenvalue weighted by Gasteiger charge is 2.15. The van der Waals surface area contributed by atoms with Gasteiger partial charge in [-0.15, -0.1) is 16.4 Å². The highest BCUT2D eigenvalue weighted by Crippen LogP contribution is 2.25. The Labute approximate surface area is 161 Å². The SMILES string of the molecule is O=C(Nc1nccs1)c1cccc2[nH]c(-c3ccc(-c4nnn[nH]4)cc3)nc12. The first-order valence-corrected chi connectivity index (χ1v) is 9.20. The Kier molecular flexibility index (Phi) is 3.87. The van der Waals surface area contributed by atoms with Crippen LogP contribution in [-0.4, -0.2) is 41.5 Å². The highest BCUT2D eigenvalue weighted by atomic mass is 32.1. The Morgan fingerprint density at radius 2 is 1.86 bits per heavy atom. The molecule has 0 aliphatic carbocycles. The number of rotatable bonds is 4. The largest absolute Gasteiger partial charge is 0.338 e. The van der Waals surface area contributed by atoms with E-state index in [1.165, 1.54) is 11.3 Å². The number of nitrogens with zero attached hydrogens (tertiary/aromatic N) is 5. The molecule has 0 unspecified atom stereocenters. The van der Waals surface area contributed by atoms with Crippen LogP contribution in [0.25, 0.3) is 33.8 Å². The van der Waals surface area contributed by atoms with Crippen LogP contribution in [0.1, 0.15) is 10.4 Å². The fourth-order valence-corrected chi connectivity index (χ4v) is 3.39. The molecule has 2 aromatic carbocycles. The molecule has 0 atom stereocenters. The average molecular weight is 388 g/mol. The molecule has 136 valence electrons. The third-order valence-corrected chi connectivity index (χ3v) is 4.88. The van der Waals surface area contributed by atoms with Crippen molar-refractivity contribution in [2.24, 2.45) is 0 Å². The lowest BCUT2D eigenvalue weighted by Gasteiger charge is -2.02. The molecule has 1 amide bonds. The van der Waals surface area contributed by atoms with Crippen molar-refractivity contribution in [3.63, 3.8) is 0 Å². The summed E-state index contributed by atoms with van der Waals surface area (Å²) in [5.74, 6) is 1.02.